The van der Waals surface area contributed by atoms with Gasteiger partial charge >= 0.3 is 0 Å². The third-order valence-corrected chi connectivity index (χ3v) is 4.87. The van der Waals surface area contributed by atoms with Crippen LogP contribution in [0.5, 0.6) is 0 Å². The van der Waals surface area contributed by atoms with Gasteiger partial charge in [-0.1, -0.05) is 0 Å². The molecule has 0 saturated carbocycles. The van der Waals surface area contributed by atoms with E-state index in [2.05, 4.69) is 25.8 Å². The molecular formula is C16H14F2N6O2S2. The lowest BCUT2D eigenvalue weighted by atomic mass is 10.2. The van der Waals surface area contributed by atoms with Crippen LogP contribution in [-0.4, -0.2) is 38.1 Å². The lowest BCUT2D eigenvalue weighted by Crippen LogP contribution is -2.33. The van der Waals surface area contributed by atoms with E-state index in [9.17, 15) is 18.4 Å². The van der Waals surface area contributed by atoms with Crippen molar-refractivity contribution in [1.82, 2.24) is 25.1 Å². The third-order valence-electron chi connectivity index (χ3n) is 3.69. The Kier molecular flexibility index (Phi) is 5.90. The molecular weight excluding hydrogens is 410 g/mol. The predicted molar refractivity (Wildman–Crippen MR) is 101 cm³/mol. The Bertz CT molecular complexity index is 1090. The number of benzene rings is 1. The first-order valence-corrected chi connectivity index (χ1v) is 9.20. The van der Waals surface area contributed by atoms with E-state index in [0.29, 0.717) is 33.9 Å². The molecule has 0 spiro atoms. The van der Waals surface area contributed by atoms with Gasteiger partial charge in [-0.15, -0.1) is 11.3 Å². The highest BCUT2D eigenvalue weighted by atomic mass is 32.1. The molecule has 28 heavy (non-hydrogen) atoms. The molecule has 0 aliphatic heterocycles. The Balaban J connectivity index is 1.54. The average molecular weight is 424 g/mol. The van der Waals surface area contributed by atoms with Crippen LogP contribution in [0.4, 0.5) is 13.9 Å². The molecule has 3 N–H and O–H groups in total. The number of carbonyl (C=O) groups is 2. The summed E-state index contributed by atoms with van der Waals surface area (Å²) in [6.45, 7) is -0.391. The highest BCUT2D eigenvalue weighted by Gasteiger charge is 2.14. The molecule has 2 aromatic heterocycles. The van der Waals surface area contributed by atoms with Gasteiger partial charge in [0, 0.05) is 18.5 Å². The molecule has 3 aromatic rings. The van der Waals surface area contributed by atoms with Gasteiger partial charge in [0.1, 0.15) is 17.5 Å². The smallest absolute Gasteiger partial charge is 0.254 e. The quantitative estimate of drug-likeness (QED) is 0.526. The van der Waals surface area contributed by atoms with Crippen LogP contribution >= 0.6 is 23.6 Å². The Morgan fingerprint density at radius 3 is 2.82 bits per heavy atom. The molecule has 2 amide bonds. The summed E-state index contributed by atoms with van der Waals surface area (Å²) >= 11 is 6.26. The predicted octanol–water partition coefficient (Wildman–Crippen LogP) is 2.17. The van der Waals surface area contributed by atoms with Crippen LogP contribution in [-0.2, 0) is 18.3 Å². The van der Waals surface area contributed by atoms with Gasteiger partial charge in [0.2, 0.25) is 5.91 Å². The molecule has 146 valence electrons. The molecule has 0 radical (unpaired) electrons. The first-order chi connectivity index (χ1) is 13.3. The van der Waals surface area contributed by atoms with Gasteiger partial charge in [0.25, 0.3) is 5.91 Å². The summed E-state index contributed by atoms with van der Waals surface area (Å²) in [4.78, 5) is 28.1. The normalized spacial score (nSPS) is 10.7. The number of anilines is 1. The second-order valence-corrected chi connectivity index (χ2v) is 6.92. The zero-order valence-corrected chi connectivity index (χ0v) is 16.1. The van der Waals surface area contributed by atoms with E-state index in [0.717, 1.165) is 12.1 Å². The van der Waals surface area contributed by atoms with Gasteiger partial charge in [-0.3, -0.25) is 14.7 Å². The van der Waals surface area contributed by atoms with Crippen molar-refractivity contribution in [2.75, 3.05) is 11.9 Å². The van der Waals surface area contributed by atoms with Gasteiger partial charge in [0.15, 0.2) is 9.90 Å². The number of nitrogens with zero attached hydrogens (tertiary/aromatic N) is 3. The molecule has 3 rings (SSSR count). The maximum absolute atomic E-state index is 13.6. The number of aromatic amines is 1. The topological polar surface area (TPSA) is 105 Å². The van der Waals surface area contributed by atoms with E-state index >= 15 is 0 Å². The average Bonchev–Trinajstić information content (AvgIpc) is 3.21. The molecule has 1 aromatic carbocycles. The van der Waals surface area contributed by atoms with Crippen LogP contribution in [0.2, 0.25) is 0 Å². The number of hydrogen-bond acceptors (Lipinski definition) is 6. The molecule has 0 aliphatic carbocycles. The lowest BCUT2D eigenvalue weighted by Gasteiger charge is -2.06. The Morgan fingerprint density at radius 2 is 2.14 bits per heavy atom. The summed E-state index contributed by atoms with van der Waals surface area (Å²) < 4.78 is 28.6. The molecule has 0 unspecified atom stereocenters. The van der Waals surface area contributed by atoms with Gasteiger partial charge in [-0.2, -0.15) is 5.10 Å². The Morgan fingerprint density at radius 1 is 1.36 bits per heavy atom. The van der Waals surface area contributed by atoms with E-state index < -0.39 is 30.0 Å². The van der Waals surface area contributed by atoms with E-state index in [-0.39, 0.29) is 5.56 Å². The van der Waals surface area contributed by atoms with Crippen LogP contribution in [0.1, 0.15) is 21.9 Å². The minimum absolute atomic E-state index is 0.346. The second kappa shape index (κ2) is 8.35. The second-order valence-electron chi connectivity index (χ2n) is 5.68. The Labute approximate surface area is 166 Å². The largest absolute Gasteiger partial charge is 0.343 e. The summed E-state index contributed by atoms with van der Waals surface area (Å²) in [5, 5.41) is 13.7. The molecule has 0 saturated heterocycles. The fraction of sp³-hybridized carbons (Fsp3) is 0.188. The first kappa shape index (κ1) is 19.8. The minimum Gasteiger partial charge on any atom is -0.343 e. The molecule has 8 nitrogen and oxygen atoms in total. The number of carbonyl (C=O) groups excluding carboxylic acids is 2. The maximum Gasteiger partial charge on any atom is 0.254 e. The monoisotopic (exact) mass is 424 g/mol. The fourth-order valence-electron chi connectivity index (χ4n) is 2.24. The lowest BCUT2D eigenvalue weighted by molar-refractivity contribution is -0.115. The zero-order valence-electron chi connectivity index (χ0n) is 14.5. The summed E-state index contributed by atoms with van der Waals surface area (Å²) in [6.07, 6.45) is 0.427. The van der Waals surface area contributed by atoms with E-state index in [4.69, 9.17) is 12.2 Å². The van der Waals surface area contributed by atoms with Crippen molar-refractivity contribution in [1.29, 1.82) is 0 Å². The number of amides is 2. The maximum atomic E-state index is 13.6. The molecule has 0 aliphatic rings. The van der Waals surface area contributed by atoms with E-state index in [1.54, 1.807) is 17.0 Å². The molecule has 0 atom stereocenters. The summed E-state index contributed by atoms with van der Waals surface area (Å²) in [7, 11) is 1.78. The van der Waals surface area contributed by atoms with Gasteiger partial charge in [0.05, 0.1) is 24.2 Å². The standard InChI is InChI=1S/C16H14F2N6O2S2/c1-24-12(22-23-16(24)27)5-9-7-28-15(20-9)21-13(25)6-19-14(26)10-3-2-8(17)4-11(10)18/h2-4,7H,5-6H2,1H3,(H,19,26)(H,23,27)(H,20,21,25). The SMILES string of the molecule is Cn1c(Cc2csc(NC(=O)CNC(=O)c3ccc(F)cc3F)n2)n[nH]c1=S. The van der Waals surface area contributed by atoms with Crippen LogP contribution in [0, 0.1) is 16.4 Å². The number of hydrogen-bond donors (Lipinski definition) is 3. The highest BCUT2D eigenvalue weighted by Crippen LogP contribution is 2.17. The molecule has 0 bridgehead atoms. The number of nitrogens with one attached hydrogen (secondary N) is 3. The van der Waals surface area contributed by atoms with Crippen molar-refractivity contribution in [3.8, 4) is 0 Å². The van der Waals surface area contributed by atoms with Crippen molar-refractivity contribution >= 4 is 40.5 Å². The van der Waals surface area contributed by atoms with Crippen LogP contribution < -0.4 is 10.6 Å². The molecule has 2 heterocycles. The first-order valence-electron chi connectivity index (χ1n) is 7.91. The summed E-state index contributed by atoms with van der Waals surface area (Å²) in [5.41, 5.74) is 0.341. The Hall–Kier alpha value is -2.99. The van der Waals surface area contributed by atoms with Crippen molar-refractivity contribution in [2.45, 2.75) is 6.42 Å². The minimum atomic E-state index is -1.00. The van der Waals surface area contributed by atoms with E-state index in [1.165, 1.54) is 11.3 Å². The molecule has 12 heteroatoms. The number of aromatic nitrogens is 4. The van der Waals surface area contributed by atoms with Crippen LogP contribution in [0.3, 0.4) is 0 Å². The summed E-state index contributed by atoms with van der Waals surface area (Å²) in [6, 6.07) is 2.57. The van der Waals surface area contributed by atoms with Gasteiger partial charge in [-0.05, 0) is 24.4 Å². The number of halogens is 2. The van der Waals surface area contributed by atoms with Gasteiger partial charge in [-0.25, -0.2) is 13.8 Å². The number of rotatable bonds is 6. The van der Waals surface area contributed by atoms with Crippen molar-refractivity contribution < 1.29 is 18.4 Å². The summed E-state index contributed by atoms with van der Waals surface area (Å²) in [5.74, 6) is -2.45. The zero-order chi connectivity index (χ0) is 20.3. The number of thiazole rings is 1. The number of H-pyrrole nitrogens is 1. The highest BCUT2D eigenvalue weighted by molar-refractivity contribution is 7.71. The van der Waals surface area contributed by atoms with Crippen LogP contribution in [0.25, 0.3) is 0 Å². The van der Waals surface area contributed by atoms with Crippen molar-refractivity contribution in [3.63, 3.8) is 0 Å². The van der Waals surface area contributed by atoms with Crippen LogP contribution in [0.15, 0.2) is 23.6 Å². The van der Waals surface area contributed by atoms with Crippen molar-refractivity contribution in [2.24, 2.45) is 7.05 Å². The third kappa shape index (κ3) is 4.64. The van der Waals surface area contributed by atoms with Gasteiger partial charge < -0.3 is 15.2 Å². The van der Waals surface area contributed by atoms with Crippen molar-refractivity contribution in [3.05, 3.63) is 57.1 Å². The van der Waals surface area contributed by atoms with E-state index in [1.807, 2.05) is 0 Å². The fourth-order valence-corrected chi connectivity index (χ4v) is 3.12. The molecule has 0 fully saturated rings.